The number of aromatic amines is 1. The normalized spacial score (nSPS) is 10.7. The molecule has 0 aliphatic heterocycles. The third-order valence-corrected chi connectivity index (χ3v) is 2.77. The highest BCUT2D eigenvalue weighted by molar-refractivity contribution is 5.62. The predicted octanol–water partition coefficient (Wildman–Crippen LogP) is 1.70. The van der Waals surface area contributed by atoms with Crippen molar-refractivity contribution >= 4 is 5.65 Å². The average Bonchev–Trinajstić information content (AvgIpc) is 2.84. The molecule has 0 unspecified atom stereocenters. The van der Waals surface area contributed by atoms with Gasteiger partial charge in [0.15, 0.2) is 0 Å². The molecule has 5 nitrogen and oxygen atoms in total. The Kier molecular flexibility index (Phi) is 2.37. The number of nitrogens with one attached hydrogen (secondary N) is 1. The zero-order valence-corrected chi connectivity index (χ0v) is 9.75. The van der Waals surface area contributed by atoms with Crippen molar-refractivity contribution in [3.05, 3.63) is 53.2 Å². The maximum atomic E-state index is 11.6. The van der Waals surface area contributed by atoms with E-state index in [0.717, 1.165) is 17.0 Å². The lowest BCUT2D eigenvalue weighted by atomic mass is 10.2. The van der Waals surface area contributed by atoms with Crippen LogP contribution in [0.5, 0.6) is 5.75 Å². The number of H-pyrrole nitrogens is 1. The minimum Gasteiger partial charge on any atom is -0.497 e. The first-order chi connectivity index (χ1) is 8.78. The van der Waals surface area contributed by atoms with Crippen molar-refractivity contribution < 1.29 is 4.74 Å². The average molecular weight is 241 g/mol. The van der Waals surface area contributed by atoms with Gasteiger partial charge in [-0.15, -0.1) is 0 Å². The molecule has 0 saturated carbocycles. The molecule has 1 aromatic carbocycles. The van der Waals surface area contributed by atoms with Gasteiger partial charge in [-0.25, -0.2) is 4.98 Å². The number of nitrogens with zero attached hydrogens (tertiary/aromatic N) is 2. The molecule has 0 fully saturated rings. The van der Waals surface area contributed by atoms with Gasteiger partial charge in [-0.1, -0.05) is 0 Å². The van der Waals surface area contributed by atoms with E-state index in [9.17, 15) is 4.79 Å². The van der Waals surface area contributed by atoms with E-state index in [4.69, 9.17) is 4.74 Å². The van der Waals surface area contributed by atoms with Crippen LogP contribution in [0.3, 0.4) is 0 Å². The summed E-state index contributed by atoms with van der Waals surface area (Å²) >= 11 is 0. The molecule has 0 aliphatic rings. The second-order valence-corrected chi connectivity index (χ2v) is 3.87. The highest BCUT2D eigenvalue weighted by Gasteiger charge is 2.06. The summed E-state index contributed by atoms with van der Waals surface area (Å²) in [6.07, 6.45) is 5.18. The fourth-order valence-corrected chi connectivity index (χ4v) is 1.83. The van der Waals surface area contributed by atoms with Crippen LogP contribution in [-0.4, -0.2) is 21.5 Å². The third kappa shape index (κ3) is 1.66. The Balaban J connectivity index is 2.13. The largest absolute Gasteiger partial charge is 0.497 e. The fraction of sp³-hybridized carbons (Fsp3) is 0.0769. The van der Waals surface area contributed by atoms with Gasteiger partial charge in [0.2, 0.25) is 5.65 Å². The summed E-state index contributed by atoms with van der Waals surface area (Å²) in [7, 11) is 1.62. The molecule has 0 radical (unpaired) electrons. The van der Waals surface area contributed by atoms with E-state index in [1.165, 1.54) is 0 Å². The summed E-state index contributed by atoms with van der Waals surface area (Å²) in [6, 6.07) is 7.55. The number of hydrogen-bond acceptors (Lipinski definition) is 3. The molecule has 2 aromatic heterocycles. The molecule has 0 saturated heterocycles. The van der Waals surface area contributed by atoms with Crippen LogP contribution in [0, 0.1) is 0 Å². The van der Waals surface area contributed by atoms with Crippen LogP contribution in [-0.2, 0) is 0 Å². The van der Waals surface area contributed by atoms with Crippen LogP contribution in [0.1, 0.15) is 0 Å². The van der Waals surface area contributed by atoms with E-state index in [-0.39, 0.29) is 5.56 Å². The zero-order chi connectivity index (χ0) is 12.5. The van der Waals surface area contributed by atoms with E-state index < -0.39 is 0 Å². The van der Waals surface area contributed by atoms with Gasteiger partial charge in [0.05, 0.1) is 12.8 Å². The van der Waals surface area contributed by atoms with Gasteiger partial charge in [0, 0.05) is 24.2 Å². The van der Waals surface area contributed by atoms with E-state index >= 15 is 0 Å². The molecule has 2 heterocycles. The molecule has 0 bridgehead atoms. The van der Waals surface area contributed by atoms with Crippen LogP contribution in [0.2, 0.25) is 0 Å². The summed E-state index contributed by atoms with van der Waals surface area (Å²) in [5.41, 5.74) is 1.90. The number of ether oxygens (including phenoxy) is 1. The molecule has 0 amide bonds. The molecule has 0 aliphatic carbocycles. The monoisotopic (exact) mass is 241 g/mol. The third-order valence-electron chi connectivity index (χ3n) is 2.77. The Bertz CT molecular complexity index is 741. The van der Waals surface area contributed by atoms with Crippen molar-refractivity contribution in [1.82, 2.24) is 14.4 Å². The lowest BCUT2D eigenvalue weighted by Gasteiger charge is -1.99. The predicted molar refractivity (Wildman–Crippen MR) is 67.8 cm³/mol. The van der Waals surface area contributed by atoms with E-state index in [2.05, 4.69) is 9.97 Å². The van der Waals surface area contributed by atoms with Crippen LogP contribution in [0.4, 0.5) is 0 Å². The summed E-state index contributed by atoms with van der Waals surface area (Å²) in [5, 5.41) is 0. The van der Waals surface area contributed by atoms with Crippen molar-refractivity contribution in [2.45, 2.75) is 0 Å². The zero-order valence-electron chi connectivity index (χ0n) is 9.75. The quantitative estimate of drug-likeness (QED) is 0.742. The van der Waals surface area contributed by atoms with Crippen LogP contribution in [0.15, 0.2) is 47.7 Å². The van der Waals surface area contributed by atoms with E-state index in [1.807, 2.05) is 30.5 Å². The van der Waals surface area contributed by atoms with Crippen molar-refractivity contribution in [2.24, 2.45) is 0 Å². The Labute approximate surface area is 103 Å². The maximum absolute atomic E-state index is 11.6. The molecule has 3 aromatic rings. The van der Waals surface area contributed by atoms with Crippen molar-refractivity contribution in [1.29, 1.82) is 0 Å². The Hall–Kier alpha value is -2.56. The molecule has 1 N–H and O–H groups in total. The van der Waals surface area contributed by atoms with Crippen LogP contribution >= 0.6 is 0 Å². The number of benzene rings is 1. The van der Waals surface area contributed by atoms with Gasteiger partial charge >= 0.3 is 0 Å². The molecular weight excluding hydrogens is 230 g/mol. The van der Waals surface area contributed by atoms with Gasteiger partial charge in [-0.05, 0) is 24.3 Å². The lowest BCUT2D eigenvalue weighted by molar-refractivity contribution is 0.415. The smallest absolute Gasteiger partial charge is 0.291 e. The SMILES string of the molecule is COc1ccc(-c2cn3cc[nH]c(=O)c3n2)cc1. The minimum atomic E-state index is -0.197. The Morgan fingerprint density at radius 1 is 1.28 bits per heavy atom. The highest BCUT2D eigenvalue weighted by atomic mass is 16.5. The number of hydrogen-bond donors (Lipinski definition) is 1. The summed E-state index contributed by atoms with van der Waals surface area (Å²) in [6.45, 7) is 0. The standard InChI is InChI=1S/C13H11N3O2/c1-18-10-4-2-9(3-5-10)11-8-16-7-6-14-13(17)12(16)15-11/h2-8H,1H3,(H,14,17). The Morgan fingerprint density at radius 3 is 2.72 bits per heavy atom. The number of rotatable bonds is 2. The molecule has 3 rings (SSSR count). The summed E-state index contributed by atoms with van der Waals surface area (Å²) in [5.74, 6) is 0.792. The lowest BCUT2D eigenvalue weighted by Crippen LogP contribution is -2.07. The molecule has 5 heteroatoms. The van der Waals surface area contributed by atoms with Gasteiger partial charge in [-0.3, -0.25) is 4.79 Å². The maximum Gasteiger partial charge on any atom is 0.291 e. The van der Waals surface area contributed by atoms with E-state index in [0.29, 0.717) is 5.65 Å². The van der Waals surface area contributed by atoms with Gasteiger partial charge in [-0.2, -0.15) is 0 Å². The number of imidazole rings is 1. The van der Waals surface area contributed by atoms with Gasteiger partial charge in [0.25, 0.3) is 5.56 Å². The molecule has 18 heavy (non-hydrogen) atoms. The first-order valence-electron chi connectivity index (χ1n) is 5.49. The van der Waals surface area contributed by atoms with Crippen LogP contribution < -0.4 is 10.3 Å². The first-order valence-corrected chi connectivity index (χ1v) is 5.49. The Morgan fingerprint density at radius 2 is 2.06 bits per heavy atom. The summed E-state index contributed by atoms with van der Waals surface area (Å²) < 4.78 is 6.81. The fourth-order valence-electron chi connectivity index (χ4n) is 1.83. The van der Waals surface area contributed by atoms with Crippen molar-refractivity contribution in [2.75, 3.05) is 7.11 Å². The second kappa shape index (κ2) is 4.03. The van der Waals surface area contributed by atoms with Gasteiger partial charge < -0.3 is 14.1 Å². The number of methoxy groups -OCH3 is 1. The topological polar surface area (TPSA) is 59.4 Å². The molecule has 0 spiro atoms. The number of fused-ring (bicyclic) bond motifs is 1. The van der Waals surface area contributed by atoms with Crippen molar-refractivity contribution in [3.8, 4) is 17.0 Å². The van der Waals surface area contributed by atoms with E-state index in [1.54, 1.807) is 23.9 Å². The summed E-state index contributed by atoms with van der Waals surface area (Å²) in [4.78, 5) is 18.5. The van der Waals surface area contributed by atoms with Gasteiger partial charge in [0.1, 0.15) is 5.75 Å². The van der Waals surface area contributed by atoms with Crippen molar-refractivity contribution in [3.63, 3.8) is 0 Å². The highest BCUT2D eigenvalue weighted by Crippen LogP contribution is 2.21. The number of aromatic nitrogens is 3. The van der Waals surface area contributed by atoms with Crippen LogP contribution in [0.25, 0.3) is 16.9 Å². The second-order valence-electron chi connectivity index (χ2n) is 3.87. The molecular formula is C13H11N3O2. The first kappa shape index (κ1) is 10.6. The molecule has 90 valence electrons. The molecule has 0 atom stereocenters. The minimum absolute atomic E-state index is 0.197.